The summed E-state index contributed by atoms with van der Waals surface area (Å²) in [7, 11) is 0. The van der Waals surface area contributed by atoms with Gasteiger partial charge in [-0.15, -0.1) is 0 Å². The van der Waals surface area contributed by atoms with Crippen molar-refractivity contribution in [3.05, 3.63) is 42.2 Å². The van der Waals surface area contributed by atoms with Gasteiger partial charge in [0.25, 0.3) is 5.95 Å². The van der Waals surface area contributed by atoms with E-state index in [-0.39, 0.29) is 5.95 Å². The Balaban J connectivity index is 2.98. The third-order valence-electron chi connectivity index (χ3n) is 1.96. The second-order valence-electron chi connectivity index (χ2n) is 3.12. The predicted octanol–water partition coefficient (Wildman–Crippen LogP) is 3.45. The molecule has 0 saturated carbocycles. The van der Waals surface area contributed by atoms with Crippen molar-refractivity contribution in [2.24, 2.45) is 0 Å². The van der Waals surface area contributed by atoms with Crippen molar-refractivity contribution >= 4 is 0 Å². The van der Waals surface area contributed by atoms with Gasteiger partial charge in [0.15, 0.2) is 0 Å². The molecule has 0 fully saturated rings. The summed E-state index contributed by atoms with van der Waals surface area (Å²) in [6, 6.07) is 9.29. The van der Waals surface area contributed by atoms with Crippen LogP contribution in [0.1, 0.15) is 25.3 Å². The molecule has 1 aromatic rings. The van der Waals surface area contributed by atoms with E-state index in [0.717, 1.165) is 24.8 Å². The highest BCUT2D eigenvalue weighted by Crippen LogP contribution is 2.15. The van der Waals surface area contributed by atoms with Crippen LogP contribution in [0.2, 0.25) is 0 Å². The van der Waals surface area contributed by atoms with Crippen LogP contribution in [0.3, 0.4) is 0 Å². The Hall–Kier alpha value is -1.44. The van der Waals surface area contributed by atoms with Crippen molar-refractivity contribution in [2.45, 2.75) is 26.2 Å². The van der Waals surface area contributed by atoms with Crippen LogP contribution in [-0.2, 0) is 6.42 Å². The Morgan fingerprint density at radius 2 is 2.00 bits per heavy atom. The summed E-state index contributed by atoms with van der Waals surface area (Å²) in [5.41, 5.74) is 0.850. The fourth-order valence-corrected chi connectivity index (χ4v) is 1.15. The Kier molecular flexibility index (Phi) is 4.62. The molecule has 0 bridgehead atoms. The van der Waals surface area contributed by atoms with E-state index in [1.807, 2.05) is 24.3 Å². The van der Waals surface area contributed by atoms with Gasteiger partial charge in [-0.3, -0.25) is 0 Å². The van der Waals surface area contributed by atoms with Crippen molar-refractivity contribution in [1.82, 2.24) is 0 Å². The van der Waals surface area contributed by atoms with Gasteiger partial charge in [0.1, 0.15) is 0 Å². The van der Waals surface area contributed by atoms with Crippen LogP contribution in [0.25, 0.3) is 0 Å². The van der Waals surface area contributed by atoms with Crippen LogP contribution in [0.15, 0.2) is 41.0 Å². The van der Waals surface area contributed by atoms with E-state index in [4.69, 9.17) is 4.42 Å². The smallest absolute Gasteiger partial charge is 0.284 e. The zero-order chi connectivity index (χ0) is 10.2. The van der Waals surface area contributed by atoms with Crippen LogP contribution in [-0.4, -0.2) is 5.11 Å². The van der Waals surface area contributed by atoms with Gasteiger partial charge in [0, 0.05) is 5.56 Å². The first-order chi connectivity index (χ1) is 6.84. The van der Waals surface area contributed by atoms with Crippen LogP contribution in [0.5, 0.6) is 5.95 Å². The maximum Gasteiger partial charge on any atom is 0.284 e. The Morgan fingerprint density at radius 3 is 2.79 bits per heavy atom. The maximum atomic E-state index is 9.55. The molecule has 0 unspecified atom stereocenters. The van der Waals surface area contributed by atoms with E-state index in [1.54, 1.807) is 6.07 Å². The van der Waals surface area contributed by atoms with E-state index in [1.165, 1.54) is 6.26 Å². The lowest BCUT2D eigenvalue weighted by Gasteiger charge is -1.97. The molecule has 0 atom stereocenters. The van der Waals surface area contributed by atoms with Gasteiger partial charge in [-0.25, -0.2) is 0 Å². The molecule has 1 rings (SSSR count). The molecular formula is C12H16O2. The predicted molar refractivity (Wildman–Crippen MR) is 56.6 cm³/mol. The first-order valence-electron chi connectivity index (χ1n) is 4.93. The highest BCUT2D eigenvalue weighted by atomic mass is 16.5. The first kappa shape index (κ1) is 10.6. The van der Waals surface area contributed by atoms with Crippen LogP contribution in [0, 0.1) is 0 Å². The second-order valence-corrected chi connectivity index (χ2v) is 3.12. The minimum absolute atomic E-state index is 0.00894. The minimum Gasteiger partial charge on any atom is -0.481 e. The zero-order valence-electron chi connectivity index (χ0n) is 8.44. The number of hydrogen-bond donors (Lipinski definition) is 1. The topological polar surface area (TPSA) is 33.4 Å². The van der Waals surface area contributed by atoms with E-state index < -0.39 is 0 Å². The van der Waals surface area contributed by atoms with Crippen molar-refractivity contribution in [1.29, 1.82) is 0 Å². The minimum atomic E-state index is 0.00894. The summed E-state index contributed by atoms with van der Waals surface area (Å²) in [5, 5.41) is 9.55. The zero-order valence-corrected chi connectivity index (χ0v) is 8.44. The molecule has 0 saturated heterocycles. The third kappa shape index (κ3) is 3.52. The Labute approximate surface area is 84.5 Å². The van der Waals surface area contributed by atoms with Gasteiger partial charge in [0.2, 0.25) is 0 Å². The molecule has 0 aromatic carbocycles. The fraction of sp³-hybridized carbons (Fsp3) is 0.333. The molecule has 0 aliphatic rings. The largest absolute Gasteiger partial charge is 0.481 e. The summed E-state index contributed by atoms with van der Waals surface area (Å²) in [4.78, 5) is 0. The van der Waals surface area contributed by atoms with Gasteiger partial charge < -0.3 is 9.52 Å². The van der Waals surface area contributed by atoms with Crippen LogP contribution < -0.4 is 0 Å². The molecule has 76 valence electrons. The van der Waals surface area contributed by atoms with Gasteiger partial charge in [0.05, 0.1) is 6.26 Å². The number of rotatable bonds is 3. The highest BCUT2D eigenvalue weighted by Gasteiger charge is 1.97. The fourth-order valence-electron chi connectivity index (χ4n) is 1.15. The summed E-state index contributed by atoms with van der Waals surface area (Å²) >= 11 is 0. The molecule has 2 heteroatoms. The standard InChI is InChI=1S/C12H16O2/c1-2-3-8-11-9-6-4-5-7-10-14-12(11)13/h4-7,9-10,13H,2-3,8H2,1H3. The lowest BCUT2D eigenvalue weighted by atomic mass is 10.1. The molecule has 1 heterocycles. The number of hydrogen-bond acceptors (Lipinski definition) is 2. The number of aryl methyl sites for hydroxylation is 1. The number of unbranched alkanes of at least 4 members (excludes halogenated alkanes) is 1. The van der Waals surface area contributed by atoms with Gasteiger partial charge in [-0.05, 0) is 18.9 Å². The molecular weight excluding hydrogens is 176 g/mol. The molecule has 0 spiro atoms. The van der Waals surface area contributed by atoms with Crippen molar-refractivity contribution in [3.8, 4) is 5.95 Å². The van der Waals surface area contributed by atoms with Crippen molar-refractivity contribution in [3.63, 3.8) is 0 Å². The van der Waals surface area contributed by atoms with Crippen LogP contribution >= 0.6 is 0 Å². The lowest BCUT2D eigenvalue weighted by molar-refractivity contribution is 0.318. The normalized spacial score (nSPS) is 9.50. The van der Waals surface area contributed by atoms with E-state index >= 15 is 0 Å². The van der Waals surface area contributed by atoms with Crippen LogP contribution in [0.4, 0.5) is 0 Å². The Bertz CT molecular complexity index is 314. The van der Waals surface area contributed by atoms with E-state index in [2.05, 4.69) is 6.92 Å². The molecule has 0 aliphatic carbocycles. The average molecular weight is 192 g/mol. The van der Waals surface area contributed by atoms with Crippen molar-refractivity contribution < 1.29 is 9.52 Å². The summed E-state index contributed by atoms with van der Waals surface area (Å²) < 4.78 is 5.02. The van der Waals surface area contributed by atoms with E-state index in [9.17, 15) is 5.11 Å². The summed E-state index contributed by atoms with van der Waals surface area (Å²) in [5.74, 6) is 0.00894. The molecule has 0 amide bonds. The first-order valence-corrected chi connectivity index (χ1v) is 4.93. The summed E-state index contributed by atoms with van der Waals surface area (Å²) in [6.45, 7) is 2.12. The highest BCUT2D eigenvalue weighted by molar-refractivity contribution is 5.19. The monoisotopic (exact) mass is 192 g/mol. The second kappa shape index (κ2) is 6.08. The van der Waals surface area contributed by atoms with Crippen molar-refractivity contribution in [2.75, 3.05) is 0 Å². The molecule has 0 radical (unpaired) electrons. The molecule has 1 N–H and O–H groups in total. The van der Waals surface area contributed by atoms with Gasteiger partial charge in [-0.2, -0.15) is 0 Å². The lowest BCUT2D eigenvalue weighted by Crippen LogP contribution is -1.82. The van der Waals surface area contributed by atoms with Gasteiger partial charge in [-0.1, -0.05) is 37.6 Å². The SMILES string of the molecule is CCCCc1ccccccoc1O. The van der Waals surface area contributed by atoms with E-state index in [0.29, 0.717) is 0 Å². The quantitative estimate of drug-likeness (QED) is 0.795. The molecule has 14 heavy (non-hydrogen) atoms. The number of aromatic hydroxyl groups is 1. The summed E-state index contributed by atoms with van der Waals surface area (Å²) in [6.07, 6.45) is 4.49. The average Bonchev–Trinajstić information content (AvgIpc) is 2.28. The Morgan fingerprint density at radius 1 is 1.21 bits per heavy atom. The van der Waals surface area contributed by atoms with Gasteiger partial charge >= 0.3 is 0 Å². The molecule has 2 nitrogen and oxygen atoms in total. The maximum absolute atomic E-state index is 9.55. The third-order valence-corrected chi connectivity index (χ3v) is 1.96. The molecule has 0 aliphatic heterocycles. The molecule has 1 aromatic heterocycles.